The summed E-state index contributed by atoms with van der Waals surface area (Å²) in [5.41, 5.74) is 0. The van der Waals surface area contributed by atoms with E-state index in [-0.39, 0.29) is 17.9 Å². The number of rotatable bonds is 3. The lowest BCUT2D eigenvalue weighted by molar-refractivity contribution is -0.145. The van der Waals surface area contributed by atoms with E-state index in [9.17, 15) is 9.70 Å². The van der Waals surface area contributed by atoms with Gasteiger partial charge in [-0.2, -0.15) is 0 Å². The van der Waals surface area contributed by atoms with Crippen molar-refractivity contribution < 1.29 is 14.6 Å². The Hall–Kier alpha value is -1.17. The van der Waals surface area contributed by atoms with Crippen LogP contribution in [0.25, 0.3) is 0 Å². The van der Waals surface area contributed by atoms with Gasteiger partial charge in [0.15, 0.2) is 0 Å². The standard InChI is InChI=1S/C10H16N2O4/c13-10(14)8-3-6-16-9(8)7-1-4-12(11-15)5-2-7/h7-9H,1-6H2,(H,13,14). The third kappa shape index (κ3) is 2.16. The van der Waals surface area contributed by atoms with Gasteiger partial charge in [0.2, 0.25) is 0 Å². The molecule has 0 aromatic heterocycles. The molecule has 2 fully saturated rings. The Kier molecular flexibility index (Phi) is 3.38. The highest BCUT2D eigenvalue weighted by Crippen LogP contribution is 2.33. The lowest BCUT2D eigenvalue weighted by atomic mass is 9.84. The smallest absolute Gasteiger partial charge is 0.309 e. The summed E-state index contributed by atoms with van der Waals surface area (Å²) in [7, 11) is 0. The van der Waals surface area contributed by atoms with E-state index >= 15 is 0 Å². The fourth-order valence-electron chi connectivity index (χ4n) is 2.64. The van der Waals surface area contributed by atoms with Gasteiger partial charge in [-0.1, -0.05) is 0 Å². The molecule has 90 valence electrons. The average molecular weight is 228 g/mol. The molecule has 6 nitrogen and oxygen atoms in total. The van der Waals surface area contributed by atoms with Crippen LogP contribution in [0.2, 0.25) is 0 Å². The molecule has 2 atom stereocenters. The molecule has 0 aliphatic carbocycles. The number of hydrogen-bond acceptors (Lipinski definition) is 4. The number of ether oxygens (including phenoxy) is 1. The van der Waals surface area contributed by atoms with Crippen molar-refractivity contribution in [3.8, 4) is 0 Å². The summed E-state index contributed by atoms with van der Waals surface area (Å²) in [6.45, 7) is 1.76. The maximum absolute atomic E-state index is 11.0. The van der Waals surface area contributed by atoms with E-state index in [0.29, 0.717) is 26.1 Å². The highest BCUT2D eigenvalue weighted by atomic mass is 16.5. The minimum absolute atomic E-state index is 0.175. The van der Waals surface area contributed by atoms with E-state index < -0.39 is 5.97 Å². The van der Waals surface area contributed by atoms with Crippen LogP contribution < -0.4 is 0 Å². The maximum Gasteiger partial charge on any atom is 0.309 e. The van der Waals surface area contributed by atoms with Crippen LogP contribution in [-0.4, -0.2) is 41.9 Å². The first-order valence-electron chi connectivity index (χ1n) is 5.65. The maximum atomic E-state index is 11.0. The summed E-state index contributed by atoms with van der Waals surface area (Å²) >= 11 is 0. The van der Waals surface area contributed by atoms with E-state index in [1.165, 1.54) is 5.01 Å². The summed E-state index contributed by atoms with van der Waals surface area (Å²) in [5.74, 6) is -0.888. The molecule has 2 aliphatic rings. The zero-order valence-corrected chi connectivity index (χ0v) is 9.04. The molecule has 6 heteroatoms. The monoisotopic (exact) mass is 228 g/mol. The number of nitroso groups, excluding NO2 is 1. The highest BCUT2D eigenvalue weighted by molar-refractivity contribution is 5.71. The molecule has 0 aromatic carbocycles. The van der Waals surface area contributed by atoms with Crippen LogP contribution in [0.3, 0.4) is 0 Å². The molecular weight excluding hydrogens is 212 g/mol. The number of carbonyl (C=O) groups is 1. The fourth-order valence-corrected chi connectivity index (χ4v) is 2.64. The number of piperidine rings is 1. The predicted molar refractivity (Wildman–Crippen MR) is 55.6 cm³/mol. The fraction of sp³-hybridized carbons (Fsp3) is 0.900. The van der Waals surface area contributed by atoms with E-state index in [2.05, 4.69) is 5.29 Å². The topological polar surface area (TPSA) is 79.2 Å². The molecule has 0 saturated carbocycles. The van der Waals surface area contributed by atoms with Crippen LogP contribution in [0.1, 0.15) is 19.3 Å². The molecular formula is C10H16N2O4. The van der Waals surface area contributed by atoms with Crippen LogP contribution in [0.5, 0.6) is 0 Å². The first-order valence-corrected chi connectivity index (χ1v) is 5.65. The van der Waals surface area contributed by atoms with Crippen LogP contribution in [-0.2, 0) is 9.53 Å². The van der Waals surface area contributed by atoms with Gasteiger partial charge in [-0.3, -0.25) is 9.80 Å². The van der Waals surface area contributed by atoms with Crippen molar-refractivity contribution in [1.82, 2.24) is 5.01 Å². The number of carboxylic acids is 1. The number of hydrogen-bond donors (Lipinski definition) is 1. The molecule has 0 radical (unpaired) electrons. The SMILES string of the molecule is O=NN1CCC(C2OCCC2C(=O)O)CC1. The summed E-state index contributed by atoms with van der Waals surface area (Å²) in [5, 5.41) is 13.4. The summed E-state index contributed by atoms with van der Waals surface area (Å²) < 4.78 is 5.53. The normalized spacial score (nSPS) is 31.6. The van der Waals surface area contributed by atoms with Gasteiger partial charge >= 0.3 is 5.97 Å². The van der Waals surface area contributed by atoms with E-state index in [1.54, 1.807) is 0 Å². The van der Waals surface area contributed by atoms with Gasteiger partial charge in [-0.25, -0.2) is 0 Å². The summed E-state index contributed by atoms with van der Waals surface area (Å²) in [4.78, 5) is 21.3. The molecule has 2 saturated heterocycles. The van der Waals surface area contributed by atoms with Crippen molar-refractivity contribution >= 4 is 5.97 Å². The molecule has 2 rings (SSSR count). The van der Waals surface area contributed by atoms with Crippen LogP contribution in [0.4, 0.5) is 0 Å². The minimum atomic E-state index is -0.765. The molecule has 2 aliphatic heterocycles. The van der Waals surface area contributed by atoms with Crippen molar-refractivity contribution in [2.75, 3.05) is 19.7 Å². The van der Waals surface area contributed by atoms with E-state index in [4.69, 9.17) is 9.84 Å². The quantitative estimate of drug-likeness (QED) is 0.725. The van der Waals surface area contributed by atoms with Gasteiger partial charge in [-0.15, -0.1) is 4.91 Å². The molecule has 16 heavy (non-hydrogen) atoms. The van der Waals surface area contributed by atoms with Crippen LogP contribution >= 0.6 is 0 Å². The van der Waals surface area contributed by atoms with Crippen molar-refractivity contribution in [1.29, 1.82) is 0 Å². The van der Waals surface area contributed by atoms with Gasteiger partial charge in [0.25, 0.3) is 0 Å². The second kappa shape index (κ2) is 4.78. The Morgan fingerprint density at radius 2 is 2.00 bits per heavy atom. The average Bonchev–Trinajstić information content (AvgIpc) is 2.78. The highest BCUT2D eigenvalue weighted by Gasteiger charge is 2.40. The first-order chi connectivity index (χ1) is 7.72. The van der Waals surface area contributed by atoms with Crippen LogP contribution in [0, 0.1) is 16.7 Å². The molecule has 2 unspecified atom stereocenters. The van der Waals surface area contributed by atoms with E-state index in [0.717, 1.165) is 12.8 Å². The Morgan fingerprint density at radius 1 is 1.31 bits per heavy atom. The predicted octanol–water partition coefficient (Wildman–Crippen LogP) is 0.870. The van der Waals surface area contributed by atoms with E-state index in [1.807, 2.05) is 0 Å². The molecule has 0 aromatic rings. The molecule has 2 heterocycles. The Bertz CT molecular complexity index is 276. The molecule has 1 N–H and O–H groups in total. The van der Waals surface area contributed by atoms with Gasteiger partial charge in [0, 0.05) is 19.7 Å². The Balaban J connectivity index is 1.93. The summed E-state index contributed by atoms with van der Waals surface area (Å²) in [6.07, 6.45) is 2.01. The molecule has 0 amide bonds. The Morgan fingerprint density at radius 3 is 2.56 bits per heavy atom. The number of carboxylic acid groups (broad SMARTS) is 1. The zero-order valence-electron chi connectivity index (χ0n) is 9.04. The number of nitrogens with zero attached hydrogens (tertiary/aromatic N) is 2. The largest absolute Gasteiger partial charge is 0.481 e. The zero-order chi connectivity index (χ0) is 11.5. The third-order valence-electron chi connectivity index (χ3n) is 3.55. The lowest BCUT2D eigenvalue weighted by Crippen LogP contribution is -2.38. The second-order valence-corrected chi connectivity index (χ2v) is 4.44. The first kappa shape index (κ1) is 11.3. The van der Waals surface area contributed by atoms with Crippen molar-refractivity contribution in [2.24, 2.45) is 17.1 Å². The Labute approximate surface area is 93.5 Å². The van der Waals surface area contributed by atoms with Crippen molar-refractivity contribution in [3.63, 3.8) is 0 Å². The van der Waals surface area contributed by atoms with Crippen LogP contribution in [0.15, 0.2) is 5.29 Å². The van der Waals surface area contributed by atoms with Crippen molar-refractivity contribution in [3.05, 3.63) is 4.91 Å². The minimum Gasteiger partial charge on any atom is -0.481 e. The van der Waals surface area contributed by atoms with Gasteiger partial charge in [-0.05, 0) is 25.2 Å². The van der Waals surface area contributed by atoms with Crippen molar-refractivity contribution in [2.45, 2.75) is 25.4 Å². The van der Waals surface area contributed by atoms with Gasteiger partial charge < -0.3 is 9.84 Å². The number of aliphatic carboxylic acids is 1. The lowest BCUT2D eigenvalue weighted by Gasteiger charge is -2.32. The molecule has 0 bridgehead atoms. The van der Waals surface area contributed by atoms with Gasteiger partial charge in [0.1, 0.15) is 0 Å². The second-order valence-electron chi connectivity index (χ2n) is 4.44. The van der Waals surface area contributed by atoms with Gasteiger partial charge in [0.05, 0.1) is 17.3 Å². The molecule has 0 spiro atoms. The third-order valence-corrected chi connectivity index (χ3v) is 3.55. The summed E-state index contributed by atoms with van der Waals surface area (Å²) in [6, 6.07) is 0.